The molecule has 0 radical (unpaired) electrons. The lowest BCUT2D eigenvalue weighted by atomic mass is 9.92. The van der Waals surface area contributed by atoms with Gasteiger partial charge >= 0.3 is 18.0 Å². The molecule has 5 amide bonds. The summed E-state index contributed by atoms with van der Waals surface area (Å²) in [4.78, 5) is 85.7. The van der Waals surface area contributed by atoms with Crippen LogP contribution in [-0.4, -0.2) is 91.9 Å². The van der Waals surface area contributed by atoms with Crippen molar-refractivity contribution in [1.82, 2.24) is 15.5 Å². The molecule has 0 spiro atoms. The summed E-state index contributed by atoms with van der Waals surface area (Å²) in [5.74, 6) is -3.93. The van der Waals surface area contributed by atoms with Gasteiger partial charge < -0.3 is 36.4 Å². The molecule has 50 heavy (non-hydrogen) atoms. The van der Waals surface area contributed by atoms with E-state index in [2.05, 4.69) is 21.3 Å². The number of nitrogens with one attached hydrogen (secondary N) is 4. The maximum absolute atomic E-state index is 13.3. The number of amides is 5. The summed E-state index contributed by atoms with van der Waals surface area (Å²) in [5, 5.41) is 40.4. The molecule has 0 bridgehead atoms. The molecule has 6 N–H and O–H groups in total. The average molecular weight is 715 g/mol. The summed E-state index contributed by atoms with van der Waals surface area (Å²) in [6, 6.07) is 8.21. The van der Waals surface area contributed by atoms with E-state index in [1.807, 2.05) is 20.8 Å². The summed E-state index contributed by atoms with van der Waals surface area (Å²) in [7, 11) is 0. The van der Waals surface area contributed by atoms with Gasteiger partial charge in [0.1, 0.15) is 18.1 Å². The van der Waals surface area contributed by atoms with Gasteiger partial charge in [-0.3, -0.25) is 24.5 Å². The molecule has 4 unspecified atom stereocenters. The number of carbonyl (C=O) groups is 6. The van der Waals surface area contributed by atoms with Crippen LogP contribution in [0.25, 0.3) is 0 Å². The molecular formula is C33H42N6O10S. The van der Waals surface area contributed by atoms with Gasteiger partial charge in [0.25, 0.3) is 5.69 Å². The fraction of sp³-hybridized carbons (Fsp3) is 0.455. The van der Waals surface area contributed by atoms with Crippen molar-refractivity contribution in [2.45, 2.75) is 71.0 Å². The molecule has 16 nitrogen and oxygen atoms in total. The number of carbonyl (C=O) groups excluding carboxylic acids is 4. The van der Waals surface area contributed by atoms with Crippen molar-refractivity contribution in [1.29, 1.82) is 0 Å². The van der Waals surface area contributed by atoms with Crippen LogP contribution >= 0.6 is 11.8 Å². The Morgan fingerprint density at radius 1 is 0.920 bits per heavy atom. The van der Waals surface area contributed by atoms with Gasteiger partial charge in [-0.2, -0.15) is 11.8 Å². The Morgan fingerprint density at radius 2 is 1.48 bits per heavy atom. The van der Waals surface area contributed by atoms with Crippen molar-refractivity contribution in [2.24, 2.45) is 5.41 Å². The Hall–Kier alpha value is -5.19. The molecule has 0 aromatic heterocycles. The van der Waals surface area contributed by atoms with Gasteiger partial charge in [-0.05, 0) is 53.8 Å². The Labute approximate surface area is 292 Å². The zero-order valence-corrected chi connectivity index (χ0v) is 29.0. The molecule has 0 saturated carbocycles. The van der Waals surface area contributed by atoms with Crippen molar-refractivity contribution in [3.05, 3.63) is 64.2 Å². The fourth-order valence-electron chi connectivity index (χ4n) is 5.30. The third kappa shape index (κ3) is 12.0. The molecule has 1 saturated heterocycles. The number of likely N-dealkylation sites (tertiary alicyclic amines) is 1. The molecule has 1 aliphatic heterocycles. The first-order chi connectivity index (χ1) is 23.4. The first-order valence-corrected chi connectivity index (χ1v) is 16.9. The predicted octanol–water partition coefficient (Wildman–Crippen LogP) is 3.64. The highest BCUT2D eigenvalue weighted by Crippen LogP contribution is 2.33. The predicted molar refractivity (Wildman–Crippen MR) is 186 cm³/mol. The van der Waals surface area contributed by atoms with E-state index in [1.54, 1.807) is 24.3 Å². The molecular weight excluding hydrogens is 672 g/mol. The van der Waals surface area contributed by atoms with E-state index in [0.29, 0.717) is 11.4 Å². The minimum atomic E-state index is -1.29. The number of urea groups is 1. The largest absolute Gasteiger partial charge is 0.480 e. The van der Waals surface area contributed by atoms with Crippen LogP contribution in [-0.2, 0) is 24.0 Å². The zero-order valence-electron chi connectivity index (χ0n) is 28.1. The molecule has 2 aromatic carbocycles. The standard InChI is InChI=1S/C33H42N6O10S/c1-19(40)38-17-21(20-5-7-22(8-6-20)34-32(47)35-23-9-11-24(12-10-23)39(48)49)15-27(38)29(42)37-25(30(43)44)13-14-50-18-26(31(45)46)36-28(41)16-33(2,3)4/h5-12,21,25-27H,13-18H2,1-4H3,(H,36,41)(H,37,42)(H,43,44)(H,45,46)(H2,34,35,47). The van der Waals surface area contributed by atoms with Gasteiger partial charge in [-0.1, -0.05) is 32.9 Å². The van der Waals surface area contributed by atoms with Gasteiger partial charge in [-0.25, -0.2) is 14.4 Å². The number of thioether (sulfide) groups is 1. The van der Waals surface area contributed by atoms with Gasteiger partial charge in [0.15, 0.2) is 0 Å². The second kappa shape index (κ2) is 17.5. The zero-order chi connectivity index (χ0) is 37.2. The smallest absolute Gasteiger partial charge is 0.327 e. The summed E-state index contributed by atoms with van der Waals surface area (Å²) in [6.07, 6.45) is 0.355. The van der Waals surface area contributed by atoms with E-state index in [-0.39, 0.29) is 60.2 Å². The van der Waals surface area contributed by atoms with Crippen LogP contribution in [0.2, 0.25) is 0 Å². The minimum absolute atomic E-state index is 0.00664. The lowest BCUT2D eigenvalue weighted by Gasteiger charge is -2.24. The van der Waals surface area contributed by atoms with Gasteiger partial charge in [0.05, 0.1) is 4.92 Å². The maximum Gasteiger partial charge on any atom is 0.327 e. The van der Waals surface area contributed by atoms with Crippen molar-refractivity contribution in [3.8, 4) is 0 Å². The van der Waals surface area contributed by atoms with Crippen LogP contribution in [0, 0.1) is 15.5 Å². The molecule has 1 heterocycles. The van der Waals surface area contributed by atoms with E-state index in [9.17, 15) is 49.1 Å². The number of nitrogens with zero attached hydrogens (tertiary/aromatic N) is 2. The van der Waals surface area contributed by atoms with Crippen LogP contribution < -0.4 is 21.3 Å². The Kier molecular flexibility index (Phi) is 13.7. The number of rotatable bonds is 15. The van der Waals surface area contributed by atoms with Crippen LogP contribution in [0.4, 0.5) is 21.9 Å². The molecule has 2 aromatic rings. The second-order valence-electron chi connectivity index (χ2n) is 13.1. The van der Waals surface area contributed by atoms with Crippen molar-refractivity contribution in [3.63, 3.8) is 0 Å². The van der Waals surface area contributed by atoms with E-state index in [1.165, 1.54) is 36.1 Å². The fourth-order valence-corrected chi connectivity index (χ4v) is 6.33. The molecule has 3 rings (SSSR count). The van der Waals surface area contributed by atoms with Crippen molar-refractivity contribution < 1.29 is 43.9 Å². The van der Waals surface area contributed by atoms with Crippen LogP contribution in [0.1, 0.15) is 58.4 Å². The molecule has 0 aliphatic carbocycles. The summed E-state index contributed by atoms with van der Waals surface area (Å²) < 4.78 is 0. The number of hydrogen-bond donors (Lipinski definition) is 6. The van der Waals surface area contributed by atoms with Gasteiger partial charge in [-0.15, -0.1) is 0 Å². The molecule has 4 atom stereocenters. The van der Waals surface area contributed by atoms with E-state index >= 15 is 0 Å². The number of hydrogen-bond acceptors (Lipinski definition) is 9. The highest BCUT2D eigenvalue weighted by molar-refractivity contribution is 7.99. The number of benzene rings is 2. The number of nitro groups is 1. The third-order valence-corrected chi connectivity index (χ3v) is 8.85. The SMILES string of the molecule is CC(=O)N1CC(c2ccc(NC(=O)Nc3ccc([N+](=O)[O-])cc3)cc2)CC1C(=O)NC(CCSCC(NC(=O)CC(C)(C)C)C(=O)O)C(=O)O. The van der Waals surface area contributed by atoms with E-state index < -0.39 is 52.8 Å². The van der Waals surface area contributed by atoms with E-state index in [4.69, 9.17) is 0 Å². The number of carboxylic acids is 2. The maximum atomic E-state index is 13.3. The molecule has 270 valence electrons. The van der Waals surface area contributed by atoms with Gasteiger partial charge in [0.2, 0.25) is 17.7 Å². The first-order valence-electron chi connectivity index (χ1n) is 15.8. The van der Waals surface area contributed by atoms with Crippen LogP contribution in [0.5, 0.6) is 0 Å². The van der Waals surface area contributed by atoms with Crippen LogP contribution in [0.3, 0.4) is 0 Å². The lowest BCUT2D eigenvalue weighted by molar-refractivity contribution is -0.384. The molecule has 17 heteroatoms. The number of non-ortho nitro benzene ring substituents is 1. The molecule has 1 aliphatic rings. The van der Waals surface area contributed by atoms with Crippen molar-refractivity contribution in [2.75, 3.05) is 28.7 Å². The number of anilines is 2. The lowest BCUT2D eigenvalue weighted by Crippen LogP contribution is -2.50. The topological polar surface area (TPSA) is 237 Å². The first kappa shape index (κ1) is 39.3. The summed E-state index contributed by atoms with van der Waals surface area (Å²) >= 11 is 1.14. The Balaban J connectivity index is 1.55. The Bertz CT molecular complexity index is 1580. The highest BCUT2D eigenvalue weighted by atomic mass is 32.2. The third-order valence-electron chi connectivity index (χ3n) is 7.76. The molecule has 1 fully saturated rings. The number of nitro benzene ring substituents is 1. The number of aliphatic carboxylic acids is 2. The van der Waals surface area contributed by atoms with Crippen LogP contribution in [0.15, 0.2) is 48.5 Å². The normalized spacial score (nSPS) is 16.8. The number of carboxylic acid groups (broad SMARTS) is 2. The summed E-state index contributed by atoms with van der Waals surface area (Å²) in [5.41, 5.74) is 1.17. The van der Waals surface area contributed by atoms with Crippen molar-refractivity contribution >= 4 is 64.5 Å². The Morgan fingerprint density at radius 3 is 1.98 bits per heavy atom. The average Bonchev–Trinajstić information content (AvgIpc) is 3.47. The van der Waals surface area contributed by atoms with Gasteiger partial charge in [0, 0.05) is 55.1 Å². The van der Waals surface area contributed by atoms with E-state index in [0.717, 1.165) is 17.3 Å². The second-order valence-corrected chi connectivity index (χ2v) is 14.2. The monoisotopic (exact) mass is 714 g/mol. The quantitative estimate of drug-likeness (QED) is 0.0885. The summed E-state index contributed by atoms with van der Waals surface area (Å²) in [6.45, 7) is 7.10. The highest BCUT2D eigenvalue weighted by Gasteiger charge is 2.40. The minimum Gasteiger partial charge on any atom is -0.480 e.